The van der Waals surface area contributed by atoms with Gasteiger partial charge in [-0.3, -0.25) is 9.59 Å². The summed E-state index contributed by atoms with van der Waals surface area (Å²) in [5.74, 6) is -1.73. The number of rotatable bonds is 6. The van der Waals surface area contributed by atoms with Crippen LogP contribution in [0.3, 0.4) is 0 Å². The highest BCUT2D eigenvalue weighted by atomic mass is 32.2. The first kappa shape index (κ1) is 17.9. The molecule has 0 spiro atoms. The standard InChI is InChI=1S/C17H22N2O5S/c18-25(23,24)13-5-1-10(2-6-13)7-8-19-16(20)14-11-3-4-12(9-11)15(14)17(21)22/h1-2,5-6,11-12,14-15H,3-4,7-9H2,(H,19,20)(H,21,22)(H2,18,23,24)/t11-,12-,14-,15-/m0/s1. The molecule has 1 amide bonds. The van der Waals surface area contributed by atoms with Crippen LogP contribution in [0.4, 0.5) is 0 Å². The highest BCUT2D eigenvalue weighted by Crippen LogP contribution is 2.52. The molecule has 0 radical (unpaired) electrons. The first-order valence-corrected chi connectivity index (χ1v) is 9.94. The predicted octanol–water partition coefficient (Wildman–Crippen LogP) is 0.740. The number of nitrogens with one attached hydrogen (secondary N) is 1. The lowest BCUT2D eigenvalue weighted by Gasteiger charge is -2.27. The van der Waals surface area contributed by atoms with Gasteiger partial charge in [0.1, 0.15) is 0 Å². The minimum Gasteiger partial charge on any atom is -0.481 e. The molecule has 25 heavy (non-hydrogen) atoms. The minimum absolute atomic E-state index is 0.0477. The van der Waals surface area contributed by atoms with Crippen molar-refractivity contribution in [2.45, 2.75) is 30.6 Å². The normalized spacial score (nSPS) is 28.0. The molecule has 136 valence electrons. The summed E-state index contributed by atoms with van der Waals surface area (Å²) < 4.78 is 22.4. The van der Waals surface area contributed by atoms with Gasteiger partial charge in [0, 0.05) is 6.54 Å². The van der Waals surface area contributed by atoms with Crippen molar-refractivity contribution < 1.29 is 23.1 Å². The summed E-state index contributed by atoms with van der Waals surface area (Å²) in [6.45, 7) is 0.383. The molecule has 0 heterocycles. The van der Waals surface area contributed by atoms with Crippen molar-refractivity contribution in [1.82, 2.24) is 5.32 Å². The third-order valence-electron chi connectivity index (χ3n) is 5.47. The summed E-state index contributed by atoms with van der Waals surface area (Å²) in [6.07, 6.45) is 3.21. The Bertz CT molecular complexity index is 775. The highest BCUT2D eigenvalue weighted by molar-refractivity contribution is 7.89. The molecule has 8 heteroatoms. The van der Waals surface area contributed by atoms with Crippen LogP contribution in [0.1, 0.15) is 24.8 Å². The van der Waals surface area contributed by atoms with Gasteiger partial charge in [-0.25, -0.2) is 13.6 Å². The van der Waals surface area contributed by atoms with Crippen LogP contribution in [0.2, 0.25) is 0 Å². The Morgan fingerprint density at radius 3 is 2.28 bits per heavy atom. The number of aliphatic carboxylic acids is 1. The molecule has 1 aromatic carbocycles. The SMILES string of the molecule is NS(=O)(=O)c1ccc(CCNC(=O)[C@H]2[C@H]3CC[C@@H](C3)[C@@H]2C(=O)O)cc1. The van der Waals surface area contributed by atoms with Crippen molar-refractivity contribution >= 4 is 21.9 Å². The fourth-order valence-corrected chi connectivity index (χ4v) is 4.83. The Hall–Kier alpha value is -1.93. The predicted molar refractivity (Wildman–Crippen MR) is 90.0 cm³/mol. The number of fused-ring (bicyclic) bond motifs is 2. The number of hydrogen-bond donors (Lipinski definition) is 3. The quantitative estimate of drug-likeness (QED) is 0.684. The van der Waals surface area contributed by atoms with E-state index >= 15 is 0 Å². The van der Waals surface area contributed by atoms with Crippen LogP contribution >= 0.6 is 0 Å². The van der Waals surface area contributed by atoms with E-state index in [1.807, 2.05) is 0 Å². The number of carbonyl (C=O) groups excluding carboxylic acids is 1. The van der Waals surface area contributed by atoms with Crippen LogP contribution < -0.4 is 10.5 Å². The van der Waals surface area contributed by atoms with E-state index in [1.165, 1.54) is 12.1 Å². The first-order chi connectivity index (χ1) is 11.8. The average molecular weight is 366 g/mol. The van der Waals surface area contributed by atoms with E-state index < -0.39 is 27.8 Å². The van der Waals surface area contributed by atoms with Crippen LogP contribution in [-0.4, -0.2) is 31.9 Å². The van der Waals surface area contributed by atoms with Gasteiger partial charge in [-0.15, -0.1) is 0 Å². The van der Waals surface area contributed by atoms with E-state index in [0.717, 1.165) is 24.8 Å². The Labute approximate surface area is 146 Å². The molecular weight excluding hydrogens is 344 g/mol. The molecule has 3 rings (SSSR count). The third-order valence-corrected chi connectivity index (χ3v) is 6.40. The average Bonchev–Trinajstić information content (AvgIpc) is 3.15. The molecule has 2 bridgehead atoms. The van der Waals surface area contributed by atoms with Crippen molar-refractivity contribution in [1.29, 1.82) is 0 Å². The molecule has 0 aromatic heterocycles. The molecule has 2 saturated carbocycles. The molecule has 0 unspecified atom stereocenters. The van der Waals surface area contributed by atoms with Gasteiger partial charge >= 0.3 is 5.97 Å². The molecule has 2 fully saturated rings. The van der Waals surface area contributed by atoms with Crippen molar-refractivity contribution in [2.75, 3.05) is 6.54 Å². The molecule has 7 nitrogen and oxygen atoms in total. The van der Waals surface area contributed by atoms with Gasteiger partial charge < -0.3 is 10.4 Å². The molecule has 2 aliphatic carbocycles. The molecule has 0 saturated heterocycles. The van der Waals surface area contributed by atoms with Gasteiger partial charge in [-0.05, 0) is 55.2 Å². The van der Waals surface area contributed by atoms with Crippen LogP contribution in [0, 0.1) is 23.7 Å². The maximum absolute atomic E-state index is 12.5. The van der Waals surface area contributed by atoms with Gasteiger partial charge in [0.2, 0.25) is 15.9 Å². The number of carbonyl (C=O) groups is 2. The smallest absolute Gasteiger partial charge is 0.307 e. The summed E-state index contributed by atoms with van der Waals surface area (Å²) in [7, 11) is -3.71. The lowest BCUT2D eigenvalue weighted by Crippen LogP contribution is -2.41. The topological polar surface area (TPSA) is 127 Å². The lowest BCUT2D eigenvalue weighted by molar-refractivity contribution is -0.149. The van der Waals surface area contributed by atoms with E-state index in [4.69, 9.17) is 5.14 Å². The molecule has 2 aliphatic rings. The van der Waals surface area contributed by atoms with Gasteiger partial charge in [0.15, 0.2) is 0 Å². The second-order valence-electron chi connectivity index (χ2n) is 6.95. The van der Waals surface area contributed by atoms with E-state index in [2.05, 4.69) is 5.32 Å². The number of carboxylic acids is 1. The Morgan fingerprint density at radius 1 is 1.12 bits per heavy atom. The second-order valence-corrected chi connectivity index (χ2v) is 8.51. The molecule has 0 aliphatic heterocycles. The summed E-state index contributed by atoms with van der Waals surface area (Å²) >= 11 is 0. The van der Waals surface area contributed by atoms with Gasteiger partial charge in [0.05, 0.1) is 16.7 Å². The van der Waals surface area contributed by atoms with Crippen LogP contribution in [0.15, 0.2) is 29.2 Å². The third kappa shape index (κ3) is 3.69. The monoisotopic (exact) mass is 366 g/mol. The van der Waals surface area contributed by atoms with Gasteiger partial charge in [0.25, 0.3) is 0 Å². The van der Waals surface area contributed by atoms with E-state index in [0.29, 0.717) is 13.0 Å². The number of sulfonamides is 1. The number of benzene rings is 1. The second kappa shape index (κ2) is 6.76. The van der Waals surface area contributed by atoms with Crippen molar-refractivity contribution in [2.24, 2.45) is 28.8 Å². The summed E-state index contributed by atoms with van der Waals surface area (Å²) in [5.41, 5.74) is 0.871. The summed E-state index contributed by atoms with van der Waals surface area (Å²) in [4.78, 5) is 24.0. The van der Waals surface area contributed by atoms with Crippen molar-refractivity contribution in [3.63, 3.8) is 0 Å². The highest BCUT2D eigenvalue weighted by Gasteiger charge is 2.53. The number of primary sulfonamides is 1. The van der Waals surface area contributed by atoms with E-state index in [9.17, 15) is 23.1 Å². The van der Waals surface area contributed by atoms with Crippen LogP contribution in [0.5, 0.6) is 0 Å². The number of nitrogens with two attached hydrogens (primary N) is 1. The molecule has 4 N–H and O–H groups in total. The van der Waals surface area contributed by atoms with Crippen molar-refractivity contribution in [3.8, 4) is 0 Å². The minimum atomic E-state index is -3.71. The molecule has 4 atom stereocenters. The van der Waals surface area contributed by atoms with Crippen molar-refractivity contribution in [3.05, 3.63) is 29.8 Å². The number of carboxylic acid groups (broad SMARTS) is 1. The van der Waals surface area contributed by atoms with Gasteiger partial charge in [-0.1, -0.05) is 12.1 Å². The van der Waals surface area contributed by atoms with Crippen LogP contribution in [-0.2, 0) is 26.0 Å². The Kier molecular flexibility index (Phi) is 4.83. The largest absolute Gasteiger partial charge is 0.481 e. The number of amides is 1. The van der Waals surface area contributed by atoms with E-state index in [-0.39, 0.29) is 22.6 Å². The zero-order valence-corrected chi connectivity index (χ0v) is 14.5. The fraction of sp³-hybridized carbons (Fsp3) is 0.529. The first-order valence-electron chi connectivity index (χ1n) is 8.39. The fourth-order valence-electron chi connectivity index (χ4n) is 4.32. The van der Waals surface area contributed by atoms with E-state index in [1.54, 1.807) is 12.1 Å². The maximum atomic E-state index is 12.5. The lowest BCUT2D eigenvalue weighted by atomic mass is 9.78. The summed E-state index contributed by atoms with van der Waals surface area (Å²) in [5, 5.41) is 17.3. The Morgan fingerprint density at radius 2 is 1.72 bits per heavy atom. The maximum Gasteiger partial charge on any atom is 0.307 e. The molecular formula is C17H22N2O5S. The zero-order chi connectivity index (χ0) is 18.2. The zero-order valence-electron chi connectivity index (χ0n) is 13.7. The Balaban J connectivity index is 1.55. The number of hydrogen-bond acceptors (Lipinski definition) is 4. The van der Waals surface area contributed by atoms with Crippen LogP contribution in [0.25, 0.3) is 0 Å². The van der Waals surface area contributed by atoms with Gasteiger partial charge in [-0.2, -0.15) is 0 Å². The molecule has 1 aromatic rings. The summed E-state index contributed by atoms with van der Waals surface area (Å²) in [6, 6.07) is 6.18.